The smallest absolute Gasteiger partial charge is 0.262 e. The van der Waals surface area contributed by atoms with Crippen molar-refractivity contribution in [3.8, 4) is 11.5 Å². The third-order valence-electron chi connectivity index (χ3n) is 5.30. The summed E-state index contributed by atoms with van der Waals surface area (Å²) in [6.07, 6.45) is -0.125. The second kappa shape index (κ2) is 9.40. The highest BCUT2D eigenvalue weighted by atomic mass is 35.5. The molecule has 0 bridgehead atoms. The SMILES string of the molecule is COc1cc(OC)c(NS(=O)(=O)c2cc(C(=O)N3CC(C)OC(C)(C)C3)ccc2C)cc1Cl. The van der Waals surface area contributed by atoms with E-state index in [0.29, 0.717) is 24.4 Å². The summed E-state index contributed by atoms with van der Waals surface area (Å²) in [4.78, 5) is 14.9. The van der Waals surface area contributed by atoms with Crippen LogP contribution in [0.1, 0.15) is 36.7 Å². The Morgan fingerprint density at radius 1 is 1.18 bits per heavy atom. The maximum Gasteiger partial charge on any atom is 0.262 e. The number of hydrogen-bond donors (Lipinski definition) is 1. The van der Waals surface area contributed by atoms with Crippen molar-refractivity contribution in [3.63, 3.8) is 0 Å². The number of sulfonamides is 1. The lowest BCUT2D eigenvalue weighted by Gasteiger charge is -2.41. The molecule has 2 aromatic rings. The van der Waals surface area contributed by atoms with Gasteiger partial charge in [0, 0.05) is 24.7 Å². The van der Waals surface area contributed by atoms with E-state index in [-0.39, 0.29) is 38.9 Å². The molecular formula is C23H29ClN2O6S. The number of hydrogen-bond acceptors (Lipinski definition) is 6. The minimum absolute atomic E-state index is 0.0112. The van der Waals surface area contributed by atoms with Gasteiger partial charge in [0.05, 0.1) is 41.5 Å². The summed E-state index contributed by atoms with van der Waals surface area (Å²) in [5, 5.41) is 0.223. The fourth-order valence-electron chi connectivity index (χ4n) is 3.95. The lowest BCUT2D eigenvalue weighted by Crippen LogP contribution is -2.53. The van der Waals surface area contributed by atoms with E-state index in [9.17, 15) is 13.2 Å². The van der Waals surface area contributed by atoms with E-state index >= 15 is 0 Å². The van der Waals surface area contributed by atoms with E-state index in [1.54, 1.807) is 24.0 Å². The van der Waals surface area contributed by atoms with Gasteiger partial charge in [-0.1, -0.05) is 17.7 Å². The number of methoxy groups -OCH3 is 2. The highest BCUT2D eigenvalue weighted by Gasteiger charge is 2.34. The summed E-state index contributed by atoms with van der Waals surface area (Å²) in [7, 11) is -1.19. The molecule has 1 amide bonds. The van der Waals surface area contributed by atoms with Crippen LogP contribution in [0.4, 0.5) is 5.69 Å². The molecule has 0 aromatic heterocycles. The zero-order valence-corrected chi connectivity index (χ0v) is 21.1. The summed E-state index contributed by atoms with van der Waals surface area (Å²) in [5.74, 6) is 0.344. The topological polar surface area (TPSA) is 94.2 Å². The van der Waals surface area contributed by atoms with Gasteiger partial charge in [-0.25, -0.2) is 8.42 Å². The van der Waals surface area contributed by atoms with E-state index in [4.69, 9.17) is 25.8 Å². The molecule has 33 heavy (non-hydrogen) atoms. The Labute approximate surface area is 199 Å². The maximum atomic E-state index is 13.3. The number of carbonyl (C=O) groups is 1. The van der Waals surface area contributed by atoms with Crippen LogP contribution >= 0.6 is 11.6 Å². The van der Waals surface area contributed by atoms with E-state index in [2.05, 4.69) is 4.72 Å². The van der Waals surface area contributed by atoms with Gasteiger partial charge in [0.25, 0.3) is 15.9 Å². The van der Waals surface area contributed by atoms with Crippen molar-refractivity contribution in [1.29, 1.82) is 0 Å². The summed E-state index contributed by atoms with van der Waals surface area (Å²) in [6.45, 7) is 8.25. The van der Waals surface area contributed by atoms with E-state index in [1.165, 1.54) is 32.4 Å². The van der Waals surface area contributed by atoms with Gasteiger partial charge < -0.3 is 19.1 Å². The molecule has 0 saturated carbocycles. The number of ether oxygens (including phenoxy) is 3. The van der Waals surface area contributed by atoms with Crippen LogP contribution in [0.2, 0.25) is 5.02 Å². The Balaban J connectivity index is 1.95. The maximum absolute atomic E-state index is 13.3. The minimum atomic E-state index is -4.06. The van der Waals surface area contributed by atoms with Crippen LogP contribution in [-0.2, 0) is 14.8 Å². The Morgan fingerprint density at radius 3 is 2.45 bits per heavy atom. The number of benzene rings is 2. The Hall–Kier alpha value is -2.49. The number of anilines is 1. The minimum Gasteiger partial charge on any atom is -0.495 e. The molecule has 0 spiro atoms. The summed E-state index contributed by atoms with van der Waals surface area (Å²) < 4.78 is 45.4. The quantitative estimate of drug-likeness (QED) is 0.647. The normalized spacial score (nSPS) is 18.0. The number of nitrogens with one attached hydrogen (secondary N) is 1. The van der Waals surface area contributed by atoms with Crippen LogP contribution in [0.15, 0.2) is 35.2 Å². The zero-order valence-electron chi connectivity index (χ0n) is 19.6. The first-order chi connectivity index (χ1) is 15.4. The Morgan fingerprint density at radius 2 is 1.85 bits per heavy atom. The van der Waals surface area contributed by atoms with Crippen LogP contribution < -0.4 is 14.2 Å². The largest absolute Gasteiger partial charge is 0.495 e. The number of rotatable bonds is 6. The standard InChI is InChI=1S/C23H29ClN2O6S/c1-14-7-8-16(22(27)26-12-15(2)32-23(3,4)13-26)9-21(14)33(28,29)25-18-10-17(24)19(30-5)11-20(18)31-6/h7-11,15,25H,12-13H2,1-6H3. The number of halogens is 1. The molecule has 1 aliphatic heterocycles. The molecule has 1 N–H and O–H groups in total. The molecule has 10 heteroatoms. The lowest BCUT2D eigenvalue weighted by atomic mass is 10.0. The van der Waals surface area contributed by atoms with Gasteiger partial charge in [0.15, 0.2) is 0 Å². The van der Waals surface area contributed by atoms with Crippen molar-refractivity contribution in [3.05, 3.63) is 46.5 Å². The Kier molecular flexibility index (Phi) is 7.16. The van der Waals surface area contributed by atoms with Crippen LogP contribution in [0, 0.1) is 6.92 Å². The first-order valence-electron chi connectivity index (χ1n) is 10.4. The third-order valence-corrected chi connectivity index (χ3v) is 7.10. The average molecular weight is 497 g/mol. The van der Waals surface area contributed by atoms with Gasteiger partial charge in [0.1, 0.15) is 11.5 Å². The van der Waals surface area contributed by atoms with Gasteiger partial charge in [-0.3, -0.25) is 9.52 Å². The molecule has 1 aliphatic rings. The summed E-state index contributed by atoms with van der Waals surface area (Å²) in [5.41, 5.74) is 0.445. The number of amides is 1. The van der Waals surface area contributed by atoms with Crippen LogP contribution in [0.5, 0.6) is 11.5 Å². The van der Waals surface area contributed by atoms with Gasteiger partial charge in [0.2, 0.25) is 0 Å². The fraction of sp³-hybridized carbons (Fsp3) is 0.435. The highest BCUT2D eigenvalue weighted by Crippen LogP contribution is 2.37. The first kappa shape index (κ1) is 25.1. The summed E-state index contributed by atoms with van der Waals surface area (Å²) >= 11 is 6.18. The van der Waals surface area contributed by atoms with Crippen molar-refractivity contribution in [2.75, 3.05) is 32.0 Å². The molecule has 2 aromatic carbocycles. The van der Waals surface area contributed by atoms with Crippen molar-refractivity contribution in [2.24, 2.45) is 0 Å². The molecule has 0 aliphatic carbocycles. The lowest BCUT2D eigenvalue weighted by molar-refractivity contribution is -0.118. The van der Waals surface area contributed by atoms with Crippen molar-refractivity contribution in [2.45, 2.75) is 44.3 Å². The summed E-state index contributed by atoms with van der Waals surface area (Å²) in [6, 6.07) is 7.56. The van der Waals surface area contributed by atoms with Crippen LogP contribution in [-0.4, -0.2) is 58.2 Å². The van der Waals surface area contributed by atoms with E-state index < -0.39 is 15.6 Å². The molecule has 1 atom stereocenters. The predicted octanol–water partition coefficient (Wildman–Crippen LogP) is 4.11. The van der Waals surface area contributed by atoms with Crippen molar-refractivity contribution < 1.29 is 27.4 Å². The number of aryl methyl sites for hydroxylation is 1. The van der Waals surface area contributed by atoms with Crippen LogP contribution in [0.25, 0.3) is 0 Å². The molecule has 8 nitrogen and oxygen atoms in total. The molecular weight excluding hydrogens is 468 g/mol. The first-order valence-corrected chi connectivity index (χ1v) is 12.2. The van der Waals surface area contributed by atoms with Crippen molar-refractivity contribution >= 4 is 33.2 Å². The average Bonchev–Trinajstić information content (AvgIpc) is 2.72. The van der Waals surface area contributed by atoms with Crippen LogP contribution in [0.3, 0.4) is 0 Å². The molecule has 0 radical (unpaired) electrons. The van der Waals surface area contributed by atoms with Gasteiger partial charge in [-0.15, -0.1) is 0 Å². The van der Waals surface area contributed by atoms with Gasteiger partial charge in [-0.05, 0) is 51.5 Å². The molecule has 180 valence electrons. The monoisotopic (exact) mass is 496 g/mol. The molecule has 3 rings (SSSR count). The van der Waals surface area contributed by atoms with E-state index in [0.717, 1.165) is 0 Å². The third kappa shape index (κ3) is 5.54. The molecule has 1 unspecified atom stereocenters. The second-order valence-electron chi connectivity index (χ2n) is 8.65. The zero-order chi connectivity index (χ0) is 24.6. The fourth-order valence-corrected chi connectivity index (χ4v) is 5.53. The van der Waals surface area contributed by atoms with Gasteiger partial charge in [-0.2, -0.15) is 0 Å². The highest BCUT2D eigenvalue weighted by molar-refractivity contribution is 7.92. The predicted molar refractivity (Wildman–Crippen MR) is 127 cm³/mol. The molecule has 1 saturated heterocycles. The van der Waals surface area contributed by atoms with Crippen molar-refractivity contribution in [1.82, 2.24) is 4.90 Å². The number of nitrogens with zero attached hydrogens (tertiary/aromatic N) is 1. The second-order valence-corrected chi connectivity index (χ2v) is 10.7. The molecule has 1 heterocycles. The molecule has 1 fully saturated rings. The van der Waals surface area contributed by atoms with Gasteiger partial charge >= 0.3 is 0 Å². The number of carbonyl (C=O) groups excluding carboxylic acids is 1. The van der Waals surface area contributed by atoms with E-state index in [1.807, 2.05) is 20.8 Å². The Bertz CT molecular complexity index is 1170. The number of morpholine rings is 1.